The zero-order chi connectivity index (χ0) is 14.6. The molecule has 0 radical (unpaired) electrons. The van der Waals surface area contributed by atoms with E-state index in [4.69, 9.17) is 15.7 Å². The molecule has 0 bridgehead atoms. The van der Waals surface area contributed by atoms with E-state index >= 15 is 0 Å². The van der Waals surface area contributed by atoms with Crippen LogP contribution < -0.4 is 11.1 Å². The molecular weight excluding hydrogens is 260 g/mol. The third kappa shape index (κ3) is 3.04. The SMILES string of the molecule is CN1CCC(CNC(=O)C2(C(N)=NO)CCOCC2)C1. The Morgan fingerprint density at radius 1 is 1.55 bits per heavy atom. The van der Waals surface area contributed by atoms with Gasteiger partial charge in [-0.1, -0.05) is 5.16 Å². The normalized spacial score (nSPS) is 27.4. The Balaban J connectivity index is 1.96. The van der Waals surface area contributed by atoms with E-state index in [-0.39, 0.29) is 11.7 Å². The predicted molar refractivity (Wildman–Crippen MR) is 74.5 cm³/mol. The third-order valence-electron chi connectivity index (χ3n) is 4.42. The van der Waals surface area contributed by atoms with Crippen LogP contribution in [-0.2, 0) is 9.53 Å². The van der Waals surface area contributed by atoms with Crippen LogP contribution in [0, 0.1) is 11.3 Å². The van der Waals surface area contributed by atoms with Crippen molar-refractivity contribution in [2.24, 2.45) is 22.2 Å². The molecule has 0 aromatic heterocycles. The fraction of sp³-hybridized carbons (Fsp3) is 0.846. The van der Waals surface area contributed by atoms with Gasteiger partial charge in [-0.25, -0.2) is 0 Å². The van der Waals surface area contributed by atoms with E-state index in [0.29, 0.717) is 38.5 Å². The van der Waals surface area contributed by atoms with Gasteiger partial charge in [-0.05, 0) is 38.8 Å². The summed E-state index contributed by atoms with van der Waals surface area (Å²) in [6, 6.07) is 0. The number of carbonyl (C=O) groups is 1. The fourth-order valence-corrected chi connectivity index (χ4v) is 3.01. The lowest BCUT2D eigenvalue weighted by Gasteiger charge is -2.34. The van der Waals surface area contributed by atoms with Crippen LogP contribution in [-0.4, -0.2) is 61.7 Å². The lowest BCUT2D eigenvalue weighted by atomic mass is 9.78. The monoisotopic (exact) mass is 284 g/mol. The number of nitrogens with zero attached hydrogens (tertiary/aromatic N) is 2. The lowest BCUT2D eigenvalue weighted by molar-refractivity contribution is -0.131. The first kappa shape index (κ1) is 15.1. The molecule has 0 saturated carbocycles. The fourth-order valence-electron chi connectivity index (χ4n) is 3.01. The average molecular weight is 284 g/mol. The molecule has 2 heterocycles. The number of likely N-dealkylation sites (tertiary alicyclic amines) is 1. The van der Waals surface area contributed by atoms with E-state index in [1.807, 2.05) is 0 Å². The molecule has 1 amide bonds. The summed E-state index contributed by atoms with van der Waals surface area (Å²) in [6.07, 6.45) is 2.01. The minimum absolute atomic E-state index is 0.0122. The number of hydrogen-bond acceptors (Lipinski definition) is 5. The summed E-state index contributed by atoms with van der Waals surface area (Å²) in [4.78, 5) is 14.8. The Morgan fingerprint density at radius 3 is 2.80 bits per heavy atom. The number of amides is 1. The maximum atomic E-state index is 12.5. The lowest BCUT2D eigenvalue weighted by Crippen LogP contribution is -2.53. The second-order valence-corrected chi connectivity index (χ2v) is 5.81. The minimum Gasteiger partial charge on any atom is -0.409 e. The van der Waals surface area contributed by atoms with Crippen LogP contribution in [0.3, 0.4) is 0 Å². The molecule has 7 heteroatoms. The van der Waals surface area contributed by atoms with Gasteiger partial charge in [0.2, 0.25) is 5.91 Å². The van der Waals surface area contributed by atoms with E-state index in [1.54, 1.807) is 0 Å². The highest BCUT2D eigenvalue weighted by Crippen LogP contribution is 2.31. The van der Waals surface area contributed by atoms with Gasteiger partial charge in [0.05, 0.1) is 0 Å². The standard InChI is InChI=1S/C13H24N4O3/c1-17-5-2-10(9-17)8-15-12(18)13(11(14)16-19)3-6-20-7-4-13/h10,19H,2-9H2,1H3,(H2,14,16)(H,15,18). The van der Waals surface area contributed by atoms with Gasteiger partial charge in [-0.15, -0.1) is 0 Å². The summed E-state index contributed by atoms with van der Waals surface area (Å²) in [6.45, 7) is 3.62. The van der Waals surface area contributed by atoms with Crippen molar-refractivity contribution in [2.45, 2.75) is 19.3 Å². The van der Waals surface area contributed by atoms with E-state index in [9.17, 15) is 4.79 Å². The predicted octanol–water partition coefficient (Wildman–Crippen LogP) is -0.402. The van der Waals surface area contributed by atoms with Crippen molar-refractivity contribution in [3.05, 3.63) is 0 Å². The summed E-state index contributed by atoms with van der Waals surface area (Å²) in [5, 5.41) is 15.0. The van der Waals surface area contributed by atoms with Gasteiger partial charge in [0.25, 0.3) is 0 Å². The number of amidine groups is 1. The highest BCUT2D eigenvalue weighted by molar-refractivity contribution is 6.06. The van der Waals surface area contributed by atoms with Crippen molar-refractivity contribution >= 4 is 11.7 Å². The first-order chi connectivity index (χ1) is 9.58. The number of rotatable bonds is 4. The first-order valence-corrected chi connectivity index (χ1v) is 7.11. The van der Waals surface area contributed by atoms with Gasteiger partial charge in [0, 0.05) is 26.3 Å². The van der Waals surface area contributed by atoms with E-state index in [1.165, 1.54) is 0 Å². The molecule has 20 heavy (non-hydrogen) atoms. The molecule has 114 valence electrons. The molecule has 2 saturated heterocycles. The van der Waals surface area contributed by atoms with Gasteiger partial charge in [-0.2, -0.15) is 0 Å². The molecule has 7 nitrogen and oxygen atoms in total. The summed E-state index contributed by atoms with van der Waals surface area (Å²) in [5.41, 5.74) is 4.85. The van der Waals surface area contributed by atoms with Gasteiger partial charge >= 0.3 is 0 Å². The number of ether oxygens (including phenoxy) is 1. The smallest absolute Gasteiger partial charge is 0.234 e. The Morgan fingerprint density at radius 2 is 2.25 bits per heavy atom. The first-order valence-electron chi connectivity index (χ1n) is 7.11. The van der Waals surface area contributed by atoms with Crippen molar-refractivity contribution in [2.75, 3.05) is 39.9 Å². The molecule has 0 aromatic carbocycles. The van der Waals surface area contributed by atoms with Gasteiger partial charge in [0.15, 0.2) is 5.84 Å². The number of nitrogens with two attached hydrogens (primary N) is 1. The largest absolute Gasteiger partial charge is 0.409 e. The molecular formula is C13H24N4O3. The second kappa shape index (κ2) is 6.41. The average Bonchev–Trinajstić information content (AvgIpc) is 2.90. The molecule has 2 aliphatic rings. The zero-order valence-electron chi connectivity index (χ0n) is 12.0. The van der Waals surface area contributed by atoms with Gasteiger partial charge in [-0.3, -0.25) is 4.79 Å². The molecule has 2 rings (SSSR count). The van der Waals surface area contributed by atoms with Gasteiger partial charge < -0.3 is 25.9 Å². The van der Waals surface area contributed by atoms with Crippen LogP contribution in [0.4, 0.5) is 0 Å². The maximum absolute atomic E-state index is 12.5. The topological polar surface area (TPSA) is 100 Å². The van der Waals surface area contributed by atoms with Crippen molar-refractivity contribution in [1.82, 2.24) is 10.2 Å². The number of hydrogen-bond donors (Lipinski definition) is 3. The molecule has 0 aromatic rings. The van der Waals surface area contributed by atoms with Crippen molar-refractivity contribution in [3.63, 3.8) is 0 Å². The van der Waals surface area contributed by atoms with Crippen LogP contribution in [0.1, 0.15) is 19.3 Å². The maximum Gasteiger partial charge on any atom is 0.234 e. The summed E-state index contributed by atoms with van der Waals surface area (Å²) >= 11 is 0. The number of carbonyl (C=O) groups excluding carboxylic acids is 1. The van der Waals surface area contributed by atoms with E-state index < -0.39 is 5.41 Å². The van der Waals surface area contributed by atoms with Crippen molar-refractivity contribution in [1.29, 1.82) is 0 Å². The van der Waals surface area contributed by atoms with E-state index in [2.05, 4.69) is 22.4 Å². The number of oxime groups is 1. The number of nitrogens with one attached hydrogen (secondary N) is 1. The summed E-state index contributed by atoms with van der Waals surface area (Å²) in [7, 11) is 2.08. The summed E-state index contributed by atoms with van der Waals surface area (Å²) < 4.78 is 5.28. The van der Waals surface area contributed by atoms with Crippen LogP contribution in [0.15, 0.2) is 5.16 Å². The van der Waals surface area contributed by atoms with Gasteiger partial charge in [0.1, 0.15) is 5.41 Å². The van der Waals surface area contributed by atoms with Crippen LogP contribution in [0.25, 0.3) is 0 Å². The minimum atomic E-state index is -0.919. The van der Waals surface area contributed by atoms with Crippen molar-refractivity contribution in [3.8, 4) is 0 Å². The highest BCUT2D eigenvalue weighted by Gasteiger charge is 2.44. The van der Waals surface area contributed by atoms with Crippen LogP contribution in [0.5, 0.6) is 0 Å². The molecule has 2 fully saturated rings. The zero-order valence-corrected chi connectivity index (χ0v) is 12.0. The molecule has 0 spiro atoms. The summed E-state index contributed by atoms with van der Waals surface area (Å²) in [5.74, 6) is 0.320. The molecule has 0 aliphatic carbocycles. The Labute approximate surface area is 119 Å². The van der Waals surface area contributed by atoms with Crippen molar-refractivity contribution < 1.29 is 14.7 Å². The third-order valence-corrected chi connectivity index (χ3v) is 4.42. The molecule has 1 unspecified atom stereocenters. The molecule has 2 aliphatic heterocycles. The highest BCUT2D eigenvalue weighted by atomic mass is 16.5. The van der Waals surface area contributed by atoms with E-state index in [0.717, 1.165) is 19.5 Å². The van der Waals surface area contributed by atoms with Crippen LogP contribution in [0.2, 0.25) is 0 Å². The molecule has 1 atom stereocenters. The Kier molecular flexibility index (Phi) is 4.82. The molecule has 4 N–H and O–H groups in total. The Bertz CT molecular complexity index is 380. The second-order valence-electron chi connectivity index (χ2n) is 5.81. The quantitative estimate of drug-likeness (QED) is 0.282. The van der Waals surface area contributed by atoms with Crippen LogP contribution >= 0.6 is 0 Å². The Hall–Kier alpha value is -1.34.